The first-order valence-corrected chi connectivity index (χ1v) is 7.40. The van der Waals surface area contributed by atoms with E-state index >= 15 is 0 Å². The predicted octanol–water partition coefficient (Wildman–Crippen LogP) is 3.73. The molecular weight excluding hydrogens is 294 g/mol. The number of aromatic carboxylic acids is 1. The Kier molecular flexibility index (Phi) is 5.36. The van der Waals surface area contributed by atoms with Gasteiger partial charge in [-0.05, 0) is 43.2 Å². The minimum atomic E-state index is -1.06. The summed E-state index contributed by atoms with van der Waals surface area (Å²) in [6.45, 7) is 4.30. The zero-order valence-electron chi connectivity index (χ0n) is 13.1. The Bertz CT molecular complexity index is 725. The molecule has 1 amide bonds. The van der Waals surface area contributed by atoms with Crippen LogP contribution >= 0.6 is 0 Å². The molecule has 0 bridgehead atoms. The lowest BCUT2D eigenvalue weighted by Gasteiger charge is -2.13. The van der Waals surface area contributed by atoms with Gasteiger partial charge < -0.3 is 15.2 Å². The summed E-state index contributed by atoms with van der Waals surface area (Å²) in [5.74, 6) is -0.899. The first-order valence-electron chi connectivity index (χ1n) is 7.40. The highest BCUT2D eigenvalue weighted by Gasteiger charge is 2.14. The van der Waals surface area contributed by atoms with Crippen molar-refractivity contribution in [3.63, 3.8) is 0 Å². The van der Waals surface area contributed by atoms with Crippen molar-refractivity contribution in [2.45, 2.75) is 20.3 Å². The van der Waals surface area contributed by atoms with Crippen LogP contribution in [0.1, 0.15) is 39.6 Å². The predicted molar refractivity (Wildman–Crippen MR) is 88.3 cm³/mol. The summed E-state index contributed by atoms with van der Waals surface area (Å²) in [4.78, 5) is 23.6. The number of hydrogen-bond acceptors (Lipinski definition) is 3. The van der Waals surface area contributed by atoms with Crippen LogP contribution in [0.2, 0.25) is 0 Å². The van der Waals surface area contributed by atoms with Gasteiger partial charge in [-0.3, -0.25) is 4.79 Å². The Morgan fingerprint density at radius 1 is 1.17 bits per heavy atom. The second kappa shape index (κ2) is 7.45. The number of carbonyl (C=O) groups is 2. The topological polar surface area (TPSA) is 75.6 Å². The molecule has 2 aromatic carbocycles. The molecule has 0 unspecified atom stereocenters. The van der Waals surface area contributed by atoms with Gasteiger partial charge in [-0.2, -0.15) is 0 Å². The van der Waals surface area contributed by atoms with Gasteiger partial charge in [-0.15, -0.1) is 0 Å². The van der Waals surface area contributed by atoms with E-state index in [4.69, 9.17) is 9.84 Å². The van der Waals surface area contributed by atoms with E-state index in [2.05, 4.69) is 5.32 Å². The highest BCUT2D eigenvalue weighted by atomic mass is 16.5. The largest absolute Gasteiger partial charge is 0.491 e. The number of anilines is 1. The Morgan fingerprint density at radius 3 is 2.57 bits per heavy atom. The van der Waals surface area contributed by atoms with Crippen molar-refractivity contribution in [2.24, 2.45) is 0 Å². The molecule has 2 rings (SSSR count). The van der Waals surface area contributed by atoms with Crippen molar-refractivity contribution in [1.82, 2.24) is 0 Å². The van der Waals surface area contributed by atoms with Crippen LogP contribution in [0.5, 0.6) is 5.75 Å². The number of aryl methyl sites for hydroxylation is 1. The maximum Gasteiger partial charge on any atom is 0.335 e. The molecule has 5 nitrogen and oxygen atoms in total. The molecule has 0 atom stereocenters. The van der Waals surface area contributed by atoms with E-state index in [9.17, 15) is 9.59 Å². The molecule has 0 aromatic heterocycles. The van der Waals surface area contributed by atoms with E-state index in [0.717, 1.165) is 12.0 Å². The maximum absolute atomic E-state index is 12.4. The zero-order valence-corrected chi connectivity index (χ0v) is 13.1. The number of benzene rings is 2. The molecule has 0 heterocycles. The summed E-state index contributed by atoms with van der Waals surface area (Å²) in [7, 11) is 0. The number of carbonyl (C=O) groups excluding carboxylic acids is 1. The molecule has 0 saturated carbocycles. The number of rotatable bonds is 6. The molecule has 0 saturated heterocycles. The fourth-order valence-corrected chi connectivity index (χ4v) is 2.12. The Balaban J connectivity index is 2.32. The van der Waals surface area contributed by atoms with Crippen LogP contribution in [0, 0.1) is 6.92 Å². The first kappa shape index (κ1) is 16.5. The fourth-order valence-electron chi connectivity index (χ4n) is 2.12. The molecule has 2 N–H and O–H groups in total. The van der Waals surface area contributed by atoms with Crippen LogP contribution in [0.15, 0.2) is 42.5 Å². The second-order valence-electron chi connectivity index (χ2n) is 5.13. The molecule has 5 heteroatoms. The summed E-state index contributed by atoms with van der Waals surface area (Å²) < 4.78 is 5.58. The van der Waals surface area contributed by atoms with E-state index in [1.54, 1.807) is 18.2 Å². The van der Waals surface area contributed by atoms with Crippen LogP contribution in [0.3, 0.4) is 0 Å². The first-order chi connectivity index (χ1) is 11.0. The molecule has 23 heavy (non-hydrogen) atoms. The second-order valence-corrected chi connectivity index (χ2v) is 5.13. The van der Waals surface area contributed by atoms with Gasteiger partial charge in [0.15, 0.2) is 0 Å². The Labute approximate surface area is 134 Å². The van der Waals surface area contributed by atoms with Crippen LogP contribution in [-0.2, 0) is 0 Å². The number of hydrogen-bond donors (Lipinski definition) is 2. The quantitative estimate of drug-likeness (QED) is 0.852. The average Bonchev–Trinajstić information content (AvgIpc) is 2.53. The van der Waals surface area contributed by atoms with Gasteiger partial charge in [-0.1, -0.05) is 25.1 Å². The lowest BCUT2D eigenvalue weighted by atomic mass is 10.1. The summed E-state index contributed by atoms with van der Waals surface area (Å²) in [6, 6.07) is 11.6. The molecule has 0 fully saturated rings. The number of carboxylic acid groups (broad SMARTS) is 1. The van der Waals surface area contributed by atoms with Gasteiger partial charge in [0.25, 0.3) is 5.91 Å². The van der Waals surface area contributed by atoms with Crippen molar-refractivity contribution < 1.29 is 19.4 Å². The highest BCUT2D eigenvalue weighted by Crippen LogP contribution is 2.27. The highest BCUT2D eigenvalue weighted by molar-refractivity contribution is 6.06. The summed E-state index contributed by atoms with van der Waals surface area (Å²) in [5.41, 5.74) is 1.82. The van der Waals surface area contributed by atoms with Crippen molar-refractivity contribution in [3.8, 4) is 5.75 Å². The smallest absolute Gasteiger partial charge is 0.335 e. The van der Waals surface area contributed by atoms with Crippen molar-refractivity contribution in [3.05, 3.63) is 59.2 Å². The van der Waals surface area contributed by atoms with Crippen molar-refractivity contribution >= 4 is 17.6 Å². The third-order valence-electron chi connectivity index (χ3n) is 3.33. The van der Waals surface area contributed by atoms with E-state index < -0.39 is 5.97 Å². The molecule has 2 aromatic rings. The maximum atomic E-state index is 12.4. The van der Waals surface area contributed by atoms with Gasteiger partial charge in [0.2, 0.25) is 0 Å². The number of ether oxygens (including phenoxy) is 1. The van der Waals surface area contributed by atoms with Gasteiger partial charge in [-0.25, -0.2) is 4.79 Å². The number of nitrogens with one attached hydrogen (secondary N) is 1. The van der Waals surface area contributed by atoms with Gasteiger partial charge >= 0.3 is 5.97 Å². The standard InChI is InChI=1S/C18H19NO4/c1-3-10-23-16-9-8-13(18(21)22)11-15(16)19-17(20)14-7-5-4-6-12(14)2/h4-9,11H,3,10H2,1-2H3,(H,19,20)(H,21,22). The molecule has 0 radical (unpaired) electrons. The monoisotopic (exact) mass is 313 g/mol. The Morgan fingerprint density at radius 2 is 1.91 bits per heavy atom. The minimum absolute atomic E-state index is 0.0916. The molecule has 120 valence electrons. The lowest BCUT2D eigenvalue weighted by molar-refractivity contribution is 0.0696. The average molecular weight is 313 g/mol. The SMILES string of the molecule is CCCOc1ccc(C(=O)O)cc1NC(=O)c1ccccc1C. The molecular formula is C18H19NO4. The van der Waals surface area contributed by atoms with E-state index in [1.807, 2.05) is 26.0 Å². The van der Waals surface area contributed by atoms with E-state index in [1.165, 1.54) is 12.1 Å². The van der Waals surface area contributed by atoms with E-state index in [-0.39, 0.29) is 11.5 Å². The van der Waals surface area contributed by atoms with Crippen LogP contribution in [0.4, 0.5) is 5.69 Å². The Hall–Kier alpha value is -2.82. The van der Waals surface area contributed by atoms with Gasteiger partial charge in [0.1, 0.15) is 5.75 Å². The number of amides is 1. The fraction of sp³-hybridized carbons (Fsp3) is 0.222. The van der Waals surface area contributed by atoms with Crippen LogP contribution in [-0.4, -0.2) is 23.6 Å². The third-order valence-corrected chi connectivity index (χ3v) is 3.33. The summed E-state index contributed by atoms with van der Waals surface area (Å²) in [6.07, 6.45) is 0.811. The van der Waals surface area contributed by atoms with Crippen molar-refractivity contribution in [1.29, 1.82) is 0 Å². The minimum Gasteiger partial charge on any atom is -0.491 e. The summed E-state index contributed by atoms with van der Waals surface area (Å²) in [5, 5.41) is 11.9. The molecule has 0 aliphatic carbocycles. The van der Waals surface area contributed by atoms with Gasteiger partial charge in [0, 0.05) is 5.56 Å². The molecule has 0 spiro atoms. The van der Waals surface area contributed by atoms with Crippen LogP contribution < -0.4 is 10.1 Å². The summed E-state index contributed by atoms with van der Waals surface area (Å²) >= 11 is 0. The normalized spacial score (nSPS) is 10.2. The van der Waals surface area contributed by atoms with Gasteiger partial charge in [0.05, 0.1) is 17.9 Å². The molecule has 0 aliphatic rings. The molecule has 0 aliphatic heterocycles. The number of carboxylic acids is 1. The van der Waals surface area contributed by atoms with Crippen LogP contribution in [0.25, 0.3) is 0 Å². The third kappa shape index (κ3) is 4.10. The van der Waals surface area contributed by atoms with E-state index in [0.29, 0.717) is 23.6 Å². The zero-order chi connectivity index (χ0) is 16.8. The van der Waals surface area contributed by atoms with Crippen molar-refractivity contribution in [2.75, 3.05) is 11.9 Å². The lowest BCUT2D eigenvalue weighted by Crippen LogP contribution is -2.15.